The van der Waals surface area contributed by atoms with Crippen molar-refractivity contribution in [2.45, 2.75) is 57.5 Å². The van der Waals surface area contributed by atoms with Gasteiger partial charge in [-0.25, -0.2) is 0 Å². The molecule has 2 heteroatoms. The molecule has 0 spiro atoms. The third-order valence-electron chi connectivity index (χ3n) is 5.75. The summed E-state index contributed by atoms with van der Waals surface area (Å²) in [5.74, 6) is 0.875. The maximum absolute atomic E-state index is 4.21. The van der Waals surface area contributed by atoms with E-state index in [0.717, 1.165) is 31.0 Å². The summed E-state index contributed by atoms with van der Waals surface area (Å²) in [7, 11) is 4.14. The predicted molar refractivity (Wildman–Crippen MR) is 115 cm³/mol. The maximum Gasteiger partial charge on any atom is 0.0492 e. The highest BCUT2D eigenvalue weighted by atomic mass is 15.1. The molecule has 1 N–H and O–H groups in total. The molecule has 26 heavy (non-hydrogen) atoms. The molecule has 1 fully saturated rings. The van der Waals surface area contributed by atoms with Gasteiger partial charge in [-0.2, -0.15) is 0 Å². The minimum Gasteiger partial charge on any atom is -0.391 e. The van der Waals surface area contributed by atoms with Crippen molar-refractivity contribution in [3.8, 4) is 0 Å². The van der Waals surface area contributed by atoms with E-state index in [1.165, 1.54) is 48.8 Å². The van der Waals surface area contributed by atoms with E-state index < -0.39 is 0 Å². The van der Waals surface area contributed by atoms with Gasteiger partial charge < -0.3 is 5.32 Å². The fourth-order valence-electron chi connectivity index (χ4n) is 4.15. The molecule has 2 nitrogen and oxygen atoms in total. The third-order valence-corrected chi connectivity index (χ3v) is 5.75. The zero-order valence-corrected chi connectivity index (χ0v) is 16.8. The average molecular weight is 353 g/mol. The molecular formula is C24H36N2. The Labute approximate surface area is 160 Å². The number of benzene rings is 1. The minimum atomic E-state index is 0.300. The first-order valence-electron chi connectivity index (χ1n) is 10.0. The largest absolute Gasteiger partial charge is 0.391 e. The smallest absolute Gasteiger partial charge is 0.0492 e. The van der Waals surface area contributed by atoms with Crippen molar-refractivity contribution in [3.05, 3.63) is 66.4 Å². The molecule has 142 valence electrons. The first-order valence-corrected chi connectivity index (χ1v) is 10.0. The molecule has 0 bridgehead atoms. The molecule has 2 rings (SSSR count). The van der Waals surface area contributed by atoms with Crippen LogP contribution >= 0.6 is 0 Å². The Morgan fingerprint density at radius 1 is 1.31 bits per heavy atom. The van der Waals surface area contributed by atoms with Gasteiger partial charge in [-0.1, -0.05) is 69.2 Å². The van der Waals surface area contributed by atoms with Crippen molar-refractivity contribution in [2.24, 2.45) is 5.92 Å². The average Bonchev–Trinajstić information content (AvgIpc) is 3.15. The van der Waals surface area contributed by atoms with Crippen LogP contribution in [0.3, 0.4) is 0 Å². The van der Waals surface area contributed by atoms with E-state index in [0.29, 0.717) is 6.04 Å². The lowest BCUT2D eigenvalue weighted by molar-refractivity contribution is 0.246. The summed E-state index contributed by atoms with van der Waals surface area (Å²) in [5, 5.41) is 3.24. The number of hydrogen-bond acceptors (Lipinski definition) is 2. The molecule has 1 aliphatic carbocycles. The molecule has 0 heterocycles. The molecule has 1 aromatic carbocycles. The van der Waals surface area contributed by atoms with Crippen LogP contribution in [-0.2, 0) is 13.0 Å². The van der Waals surface area contributed by atoms with Crippen molar-refractivity contribution in [1.29, 1.82) is 0 Å². The summed E-state index contributed by atoms with van der Waals surface area (Å²) in [4.78, 5) is 2.39. The highest BCUT2D eigenvalue weighted by Crippen LogP contribution is 2.29. The molecule has 1 unspecified atom stereocenters. The summed E-state index contributed by atoms with van der Waals surface area (Å²) in [6.07, 6.45) is 12.8. The lowest BCUT2D eigenvalue weighted by Gasteiger charge is -2.30. The SMILES string of the molecule is C=CCCC(C(=C)NC)N(C)Cc1cc(CC2CCCC2)ccc1C=C. The lowest BCUT2D eigenvalue weighted by atomic mass is 9.94. The number of hydrogen-bond donors (Lipinski definition) is 1. The number of allylic oxidation sites excluding steroid dienone is 1. The van der Waals surface area contributed by atoms with E-state index in [1.54, 1.807) is 0 Å². The lowest BCUT2D eigenvalue weighted by Crippen LogP contribution is -2.36. The van der Waals surface area contributed by atoms with Gasteiger partial charge >= 0.3 is 0 Å². The fraction of sp³-hybridized carbons (Fsp3) is 0.500. The molecule has 0 saturated heterocycles. The van der Waals surface area contributed by atoms with Crippen LogP contribution in [0.5, 0.6) is 0 Å². The maximum atomic E-state index is 4.21. The van der Waals surface area contributed by atoms with Gasteiger partial charge in [-0.3, -0.25) is 4.90 Å². The second-order valence-electron chi connectivity index (χ2n) is 7.66. The quantitative estimate of drug-likeness (QED) is 0.524. The van der Waals surface area contributed by atoms with E-state index in [2.05, 4.69) is 55.2 Å². The van der Waals surface area contributed by atoms with Gasteiger partial charge in [-0.15, -0.1) is 6.58 Å². The Bertz CT molecular complexity index is 611. The Balaban J connectivity index is 2.14. The number of likely N-dealkylation sites (N-methyl/N-ethyl adjacent to an activating group) is 2. The Morgan fingerprint density at radius 2 is 2.04 bits per heavy atom. The van der Waals surface area contributed by atoms with Crippen LogP contribution in [0, 0.1) is 5.92 Å². The molecule has 1 saturated carbocycles. The van der Waals surface area contributed by atoms with Crippen LogP contribution in [0.15, 0.2) is 49.7 Å². The van der Waals surface area contributed by atoms with Crippen LogP contribution in [0.1, 0.15) is 55.2 Å². The number of nitrogens with one attached hydrogen (secondary N) is 1. The molecule has 0 aliphatic heterocycles. The Morgan fingerprint density at radius 3 is 2.65 bits per heavy atom. The van der Waals surface area contributed by atoms with Crippen molar-refractivity contribution in [2.75, 3.05) is 14.1 Å². The molecule has 0 amide bonds. The summed E-state index contributed by atoms with van der Waals surface area (Å²) < 4.78 is 0. The fourth-order valence-corrected chi connectivity index (χ4v) is 4.15. The molecular weight excluding hydrogens is 316 g/mol. The normalized spacial score (nSPS) is 15.8. The summed E-state index contributed by atoms with van der Waals surface area (Å²) >= 11 is 0. The third kappa shape index (κ3) is 5.60. The van der Waals surface area contributed by atoms with E-state index in [4.69, 9.17) is 0 Å². The topological polar surface area (TPSA) is 15.3 Å². The Hall–Kier alpha value is -1.80. The van der Waals surface area contributed by atoms with Gasteiger partial charge in [0.25, 0.3) is 0 Å². The molecule has 1 atom stereocenters. The zero-order chi connectivity index (χ0) is 18.9. The van der Waals surface area contributed by atoms with Crippen molar-refractivity contribution in [3.63, 3.8) is 0 Å². The predicted octanol–water partition coefficient (Wildman–Crippen LogP) is 5.56. The van der Waals surface area contributed by atoms with Crippen LogP contribution in [0.2, 0.25) is 0 Å². The van der Waals surface area contributed by atoms with E-state index in [1.807, 2.05) is 19.2 Å². The molecule has 0 aromatic heterocycles. The van der Waals surface area contributed by atoms with Crippen LogP contribution in [-0.4, -0.2) is 25.0 Å². The first kappa shape index (κ1) is 20.5. The zero-order valence-electron chi connectivity index (χ0n) is 16.8. The Kier molecular flexibility index (Phi) is 8.18. The van der Waals surface area contributed by atoms with E-state index in [9.17, 15) is 0 Å². The van der Waals surface area contributed by atoms with Gasteiger partial charge in [0.15, 0.2) is 0 Å². The highest BCUT2D eigenvalue weighted by Gasteiger charge is 2.19. The molecule has 1 aromatic rings. The monoisotopic (exact) mass is 352 g/mol. The number of rotatable bonds is 11. The summed E-state index contributed by atoms with van der Waals surface area (Å²) in [6.45, 7) is 13.0. The minimum absolute atomic E-state index is 0.300. The van der Waals surface area contributed by atoms with E-state index >= 15 is 0 Å². The van der Waals surface area contributed by atoms with Gasteiger partial charge in [0.2, 0.25) is 0 Å². The highest BCUT2D eigenvalue weighted by molar-refractivity contribution is 5.53. The molecule has 0 radical (unpaired) electrons. The first-order chi connectivity index (χ1) is 12.6. The van der Waals surface area contributed by atoms with Gasteiger partial charge in [0.1, 0.15) is 0 Å². The van der Waals surface area contributed by atoms with Gasteiger partial charge in [-0.05, 0) is 48.9 Å². The molecule has 1 aliphatic rings. The summed E-state index contributed by atoms with van der Waals surface area (Å²) in [6, 6.07) is 7.24. The number of nitrogens with zero attached hydrogens (tertiary/aromatic N) is 1. The van der Waals surface area contributed by atoms with Crippen molar-refractivity contribution < 1.29 is 0 Å². The van der Waals surface area contributed by atoms with Gasteiger partial charge in [0, 0.05) is 25.3 Å². The van der Waals surface area contributed by atoms with Crippen LogP contribution in [0.4, 0.5) is 0 Å². The summed E-state index contributed by atoms with van der Waals surface area (Å²) in [5.41, 5.74) is 5.15. The van der Waals surface area contributed by atoms with Crippen LogP contribution < -0.4 is 5.32 Å². The van der Waals surface area contributed by atoms with Crippen LogP contribution in [0.25, 0.3) is 6.08 Å². The van der Waals surface area contributed by atoms with E-state index in [-0.39, 0.29) is 0 Å². The van der Waals surface area contributed by atoms with Gasteiger partial charge in [0.05, 0.1) is 0 Å². The van der Waals surface area contributed by atoms with Crippen molar-refractivity contribution in [1.82, 2.24) is 10.2 Å². The second-order valence-corrected chi connectivity index (χ2v) is 7.66. The second kappa shape index (κ2) is 10.4. The standard InChI is InChI=1S/C24H36N2/c1-6-8-13-24(19(3)25-4)26(5)18-23-17-21(14-15-22(23)7-2)16-20-11-9-10-12-20/h6-7,14-15,17,20,24-25H,1-3,8-13,16,18H2,4-5H3. The van der Waals surface area contributed by atoms with Crippen molar-refractivity contribution >= 4 is 6.08 Å².